The Morgan fingerprint density at radius 3 is 2.67 bits per heavy atom. The van der Waals surface area contributed by atoms with E-state index in [1.54, 1.807) is 0 Å². The van der Waals surface area contributed by atoms with Crippen molar-refractivity contribution in [2.45, 2.75) is 31.3 Å². The molecule has 3 rings (SSSR count). The van der Waals surface area contributed by atoms with E-state index >= 15 is 0 Å². The lowest BCUT2D eigenvalue weighted by Gasteiger charge is -2.34. The topological polar surface area (TPSA) is 24.5 Å². The van der Waals surface area contributed by atoms with Crippen molar-refractivity contribution in [2.24, 2.45) is 5.92 Å². The van der Waals surface area contributed by atoms with Gasteiger partial charge < -0.3 is 10.1 Å². The van der Waals surface area contributed by atoms with Crippen LogP contribution < -0.4 is 5.32 Å². The third kappa shape index (κ3) is 2.16. The Kier molecular flexibility index (Phi) is 3.88. The summed E-state index contributed by atoms with van der Waals surface area (Å²) in [5, 5.41) is 3.52. The molecule has 3 aliphatic heterocycles. The maximum absolute atomic E-state index is 5.43. The molecule has 3 heterocycles. The number of halogens is 1. The van der Waals surface area contributed by atoms with Gasteiger partial charge in [0.2, 0.25) is 0 Å². The van der Waals surface area contributed by atoms with Crippen LogP contribution in [0.4, 0.5) is 0 Å². The van der Waals surface area contributed by atoms with Crippen LogP contribution in [0.2, 0.25) is 0 Å². The van der Waals surface area contributed by atoms with Crippen molar-refractivity contribution in [3.8, 4) is 0 Å². The first-order valence-corrected chi connectivity index (χ1v) is 5.99. The molecule has 0 radical (unpaired) electrons. The van der Waals surface area contributed by atoms with Crippen LogP contribution in [-0.2, 0) is 4.74 Å². The first-order chi connectivity index (χ1) is 6.95. The molecule has 3 nitrogen and oxygen atoms in total. The van der Waals surface area contributed by atoms with E-state index in [0.29, 0.717) is 0 Å². The summed E-state index contributed by atoms with van der Waals surface area (Å²) in [5.74, 6) is 0.942. The number of hydrogen-bond acceptors (Lipinski definition) is 3. The molecular formula is C11H21ClN2O. The lowest BCUT2D eigenvalue weighted by atomic mass is 10.0. The highest BCUT2D eigenvalue weighted by molar-refractivity contribution is 5.85. The molecule has 0 aliphatic carbocycles. The number of nitrogens with zero attached hydrogens (tertiary/aromatic N) is 1. The summed E-state index contributed by atoms with van der Waals surface area (Å²) in [6.07, 6.45) is 3.92. The Morgan fingerprint density at radius 2 is 1.87 bits per heavy atom. The van der Waals surface area contributed by atoms with Crippen LogP contribution in [-0.4, -0.2) is 49.8 Å². The average Bonchev–Trinajstić information content (AvgIpc) is 2.79. The first-order valence-electron chi connectivity index (χ1n) is 5.99. The molecular weight excluding hydrogens is 212 g/mol. The lowest BCUT2D eigenvalue weighted by Crippen LogP contribution is -2.44. The zero-order chi connectivity index (χ0) is 9.38. The molecule has 15 heavy (non-hydrogen) atoms. The van der Waals surface area contributed by atoms with Gasteiger partial charge in [0.1, 0.15) is 0 Å². The van der Waals surface area contributed by atoms with Gasteiger partial charge in [0.15, 0.2) is 0 Å². The molecule has 0 saturated carbocycles. The largest absolute Gasteiger partial charge is 0.381 e. The van der Waals surface area contributed by atoms with E-state index < -0.39 is 0 Å². The molecule has 0 unspecified atom stereocenters. The van der Waals surface area contributed by atoms with Gasteiger partial charge in [-0.05, 0) is 38.3 Å². The van der Waals surface area contributed by atoms with Gasteiger partial charge in [-0.3, -0.25) is 4.90 Å². The highest BCUT2D eigenvalue weighted by atomic mass is 35.5. The van der Waals surface area contributed by atoms with Crippen molar-refractivity contribution in [2.75, 3.05) is 32.8 Å². The van der Waals surface area contributed by atoms with Gasteiger partial charge in [0, 0.05) is 31.8 Å². The molecule has 3 fully saturated rings. The Morgan fingerprint density at radius 1 is 1.07 bits per heavy atom. The summed E-state index contributed by atoms with van der Waals surface area (Å²) < 4.78 is 5.43. The van der Waals surface area contributed by atoms with Crippen molar-refractivity contribution in [1.29, 1.82) is 0 Å². The van der Waals surface area contributed by atoms with Gasteiger partial charge in [-0.2, -0.15) is 0 Å². The Labute approximate surface area is 97.9 Å². The molecule has 0 amide bonds. The van der Waals surface area contributed by atoms with Crippen LogP contribution in [0.25, 0.3) is 0 Å². The molecule has 1 N–H and O–H groups in total. The summed E-state index contributed by atoms with van der Waals surface area (Å²) in [5.41, 5.74) is 0. The summed E-state index contributed by atoms with van der Waals surface area (Å²) in [6.45, 7) is 5.77. The second-order valence-electron chi connectivity index (χ2n) is 4.86. The zero-order valence-corrected chi connectivity index (χ0v) is 9.97. The van der Waals surface area contributed by atoms with Gasteiger partial charge in [-0.25, -0.2) is 0 Å². The van der Waals surface area contributed by atoms with Gasteiger partial charge in [0.05, 0.1) is 0 Å². The van der Waals surface area contributed by atoms with E-state index in [2.05, 4.69) is 10.2 Å². The average molecular weight is 233 g/mol. The molecule has 4 heteroatoms. The number of ether oxygens (including phenoxy) is 1. The van der Waals surface area contributed by atoms with E-state index in [1.165, 1.54) is 38.9 Å². The summed E-state index contributed by atoms with van der Waals surface area (Å²) in [7, 11) is 0. The summed E-state index contributed by atoms with van der Waals surface area (Å²) >= 11 is 0. The fourth-order valence-corrected chi connectivity index (χ4v) is 3.35. The van der Waals surface area contributed by atoms with Gasteiger partial charge in [0.25, 0.3) is 0 Å². The third-order valence-electron chi connectivity index (χ3n) is 4.15. The quantitative estimate of drug-likeness (QED) is 0.727. The van der Waals surface area contributed by atoms with Crippen molar-refractivity contribution < 1.29 is 4.74 Å². The van der Waals surface area contributed by atoms with E-state index in [1.807, 2.05) is 0 Å². The zero-order valence-electron chi connectivity index (χ0n) is 9.15. The van der Waals surface area contributed by atoms with Crippen molar-refractivity contribution >= 4 is 12.4 Å². The molecule has 0 aromatic heterocycles. The van der Waals surface area contributed by atoms with E-state index in [0.717, 1.165) is 31.2 Å². The number of rotatable bonds is 1. The second-order valence-corrected chi connectivity index (χ2v) is 4.86. The number of hydrogen-bond donors (Lipinski definition) is 1. The second kappa shape index (κ2) is 5.00. The highest BCUT2D eigenvalue weighted by Gasteiger charge is 2.40. The number of fused-ring (bicyclic) bond motifs is 1. The standard InChI is InChI=1S/C11H20N2O.ClH/c1-4-13(10-2-5-14-6-3-10)11-8-12-7-9(1)11;/h9-12H,1-8H2;1H/t9-,11+;/m0./s1. The Bertz CT molecular complexity index is 209. The molecule has 0 spiro atoms. The fraction of sp³-hybridized carbons (Fsp3) is 1.00. The minimum Gasteiger partial charge on any atom is -0.381 e. The first kappa shape index (κ1) is 11.6. The van der Waals surface area contributed by atoms with Crippen molar-refractivity contribution in [3.05, 3.63) is 0 Å². The molecule has 3 aliphatic rings. The number of likely N-dealkylation sites (tertiary alicyclic amines) is 1. The number of nitrogens with one attached hydrogen (secondary N) is 1. The van der Waals surface area contributed by atoms with E-state index in [-0.39, 0.29) is 12.4 Å². The van der Waals surface area contributed by atoms with Gasteiger partial charge >= 0.3 is 0 Å². The lowest BCUT2D eigenvalue weighted by molar-refractivity contribution is 0.0296. The van der Waals surface area contributed by atoms with Crippen LogP contribution in [0.5, 0.6) is 0 Å². The van der Waals surface area contributed by atoms with Gasteiger partial charge in [-0.1, -0.05) is 0 Å². The van der Waals surface area contributed by atoms with Crippen LogP contribution in [0.15, 0.2) is 0 Å². The summed E-state index contributed by atoms with van der Waals surface area (Å²) in [4.78, 5) is 2.76. The predicted octanol–water partition coefficient (Wildman–Crippen LogP) is 0.881. The van der Waals surface area contributed by atoms with Crippen LogP contribution >= 0.6 is 12.4 Å². The normalized spacial score (nSPS) is 37.6. The Balaban J connectivity index is 0.000000853. The maximum Gasteiger partial charge on any atom is 0.0480 e. The minimum atomic E-state index is 0. The highest BCUT2D eigenvalue weighted by Crippen LogP contribution is 2.31. The van der Waals surface area contributed by atoms with Crippen molar-refractivity contribution in [1.82, 2.24) is 10.2 Å². The SMILES string of the molecule is C1CC(N2CC[C@H]3CNC[C@H]32)CCO1.Cl. The van der Waals surface area contributed by atoms with Crippen LogP contribution in [0, 0.1) is 5.92 Å². The molecule has 0 bridgehead atoms. The fourth-order valence-electron chi connectivity index (χ4n) is 3.35. The van der Waals surface area contributed by atoms with Gasteiger partial charge in [-0.15, -0.1) is 12.4 Å². The minimum absolute atomic E-state index is 0. The van der Waals surface area contributed by atoms with E-state index in [4.69, 9.17) is 4.74 Å². The van der Waals surface area contributed by atoms with Crippen LogP contribution in [0.1, 0.15) is 19.3 Å². The predicted molar refractivity (Wildman–Crippen MR) is 62.6 cm³/mol. The smallest absolute Gasteiger partial charge is 0.0480 e. The molecule has 0 aromatic rings. The van der Waals surface area contributed by atoms with Crippen molar-refractivity contribution in [3.63, 3.8) is 0 Å². The maximum atomic E-state index is 5.43. The molecule has 0 aromatic carbocycles. The molecule has 88 valence electrons. The Hall–Kier alpha value is 0.170. The molecule has 2 atom stereocenters. The monoisotopic (exact) mass is 232 g/mol. The van der Waals surface area contributed by atoms with Crippen LogP contribution in [0.3, 0.4) is 0 Å². The molecule has 3 saturated heterocycles. The summed E-state index contributed by atoms with van der Waals surface area (Å²) in [6, 6.07) is 1.66. The third-order valence-corrected chi connectivity index (χ3v) is 4.15. The van der Waals surface area contributed by atoms with E-state index in [9.17, 15) is 0 Å².